The largest absolute Gasteiger partial charge is 0.465 e. The van der Waals surface area contributed by atoms with Gasteiger partial charge in [-0.2, -0.15) is 5.10 Å². The molecule has 0 spiro atoms. The van der Waals surface area contributed by atoms with Crippen LogP contribution in [0.25, 0.3) is 0 Å². The first-order valence-electron chi connectivity index (χ1n) is 5.04. The number of rotatable bonds is 3. The maximum atomic E-state index is 13.4. The molecule has 0 aliphatic carbocycles. The number of aromatic nitrogens is 2. The van der Waals surface area contributed by atoms with E-state index in [2.05, 4.69) is 14.9 Å². The van der Waals surface area contributed by atoms with Crippen molar-refractivity contribution >= 4 is 5.97 Å². The van der Waals surface area contributed by atoms with Gasteiger partial charge in [0.15, 0.2) is 11.6 Å². The third-order valence-electron chi connectivity index (χ3n) is 2.14. The molecule has 0 unspecified atom stereocenters. The lowest BCUT2D eigenvalue weighted by Gasteiger charge is -2.07. The minimum atomic E-state index is -0.628. The average molecular weight is 248 g/mol. The highest BCUT2D eigenvalue weighted by Crippen LogP contribution is 2.24. The molecule has 0 aliphatic heterocycles. The summed E-state index contributed by atoms with van der Waals surface area (Å²) in [5, 5.41) is 7.23. The Morgan fingerprint density at radius 1 is 1.28 bits per heavy atom. The van der Waals surface area contributed by atoms with Crippen LogP contribution in [0.4, 0.5) is 4.39 Å². The summed E-state index contributed by atoms with van der Waals surface area (Å²) in [6.07, 6.45) is 1.32. The number of carbonyl (C=O) groups excluding carboxylic acids is 1. The quantitative estimate of drug-likeness (QED) is 0.779. The highest BCUT2D eigenvalue weighted by Gasteiger charge is 2.16. The Labute approximate surface area is 102 Å². The summed E-state index contributed by atoms with van der Waals surface area (Å²) in [7, 11) is 1.23. The normalized spacial score (nSPS) is 9.89. The van der Waals surface area contributed by atoms with Crippen molar-refractivity contribution in [2.45, 2.75) is 0 Å². The predicted molar refractivity (Wildman–Crippen MR) is 59.8 cm³/mol. The minimum absolute atomic E-state index is 0.0387. The maximum Gasteiger partial charge on any atom is 0.343 e. The number of nitrogens with zero attached hydrogens (tertiary/aromatic N) is 2. The lowest BCUT2D eigenvalue weighted by atomic mass is 10.3. The molecule has 1 heterocycles. The van der Waals surface area contributed by atoms with Gasteiger partial charge in [-0.05, 0) is 18.2 Å². The van der Waals surface area contributed by atoms with Crippen LogP contribution in [-0.4, -0.2) is 23.3 Å². The summed E-state index contributed by atoms with van der Waals surface area (Å²) in [6, 6.07) is 7.18. The van der Waals surface area contributed by atoms with Crippen LogP contribution in [0.2, 0.25) is 0 Å². The molecule has 0 N–H and O–H groups in total. The van der Waals surface area contributed by atoms with Crippen molar-refractivity contribution in [3.8, 4) is 11.6 Å². The maximum absolute atomic E-state index is 13.4. The van der Waals surface area contributed by atoms with E-state index in [0.717, 1.165) is 0 Å². The van der Waals surface area contributed by atoms with Gasteiger partial charge in [0.1, 0.15) is 5.56 Å². The fourth-order valence-electron chi connectivity index (χ4n) is 1.29. The van der Waals surface area contributed by atoms with Crippen LogP contribution >= 0.6 is 0 Å². The molecule has 5 nitrogen and oxygen atoms in total. The van der Waals surface area contributed by atoms with Gasteiger partial charge in [0.2, 0.25) is 0 Å². The minimum Gasteiger partial charge on any atom is -0.465 e. The Morgan fingerprint density at radius 2 is 2.06 bits per heavy atom. The second-order valence-electron chi connectivity index (χ2n) is 3.27. The van der Waals surface area contributed by atoms with Crippen molar-refractivity contribution in [2.24, 2.45) is 0 Å². The number of halogens is 1. The number of para-hydroxylation sites is 1. The summed E-state index contributed by atoms with van der Waals surface area (Å²) in [4.78, 5) is 11.4. The van der Waals surface area contributed by atoms with Gasteiger partial charge < -0.3 is 9.47 Å². The Morgan fingerprint density at radius 3 is 2.78 bits per heavy atom. The lowest BCUT2D eigenvalue weighted by molar-refractivity contribution is 0.0596. The molecule has 0 aliphatic rings. The SMILES string of the molecule is COC(=O)c1ccnnc1Oc1ccccc1F. The zero-order valence-electron chi connectivity index (χ0n) is 9.46. The molecule has 0 fully saturated rings. The molecule has 0 amide bonds. The van der Waals surface area contributed by atoms with E-state index < -0.39 is 11.8 Å². The van der Waals surface area contributed by atoms with Crippen LogP contribution < -0.4 is 4.74 Å². The molecule has 0 saturated heterocycles. The Kier molecular flexibility index (Phi) is 3.47. The van der Waals surface area contributed by atoms with E-state index in [4.69, 9.17) is 4.74 Å². The molecular formula is C12H9FN2O3. The van der Waals surface area contributed by atoms with Crippen molar-refractivity contribution in [1.29, 1.82) is 0 Å². The monoisotopic (exact) mass is 248 g/mol. The number of hydrogen-bond donors (Lipinski definition) is 0. The predicted octanol–water partition coefficient (Wildman–Crippen LogP) is 2.19. The van der Waals surface area contributed by atoms with Gasteiger partial charge in [0, 0.05) is 0 Å². The molecule has 0 bridgehead atoms. The second-order valence-corrected chi connectivity index (χ2v) is 3.27. The Bertz CT molecular complexity index is 575. The first-order chi connectivity index (χ1) is 8.72. The molecule has 6 heteroatoms. The molecule has 1 aromatic carbocycles. The van der Waals surface area contributed by atoms with Gasteiger partial charge in [-0.15, -0.1) is 5.10 Å². The second kappa shape index (κ2) is 5.22. The summed E-state index contributed by atoms with van der Waals surface area (Å²) in [5.74, 6) is -1.33. The number of hydrogen-bond acceptors (Lipinski definition) is 5. The van der Waals surface area contributed by atoms with Crippen LogP contribution in [0.5, 0.6) is 11.6 Å². The van der Waals surface area contributed by atoms with Crippen LogP contribution in [0.1, 0.15) is 10.4 Å². The van der Waals surface area contributed by atoms with E-state index in [1.54, 1.807) is 6.07 Å². The molecule has 92 valence electrons. The van der Waals surface area contributed by atoms with Gasteiger partial charge in [-0.25, -0.2) is 9.18 Å². The summed E-state index contributed by atoms with van der Waals surface area (Å²) in [6.45, 7) is 0. The molecule has 18 heavy (non-hydrogen) atoms. The molecule has 0 saturated carbocycles. The Hall–Kier alpha value is -2.50. The van der Waals surface area contributed by atoms with Crippen molar-refractivity contribution in [2.75, 3.05) is 7.11 Å². The third kappa shape index (κ3) is 2.42. The van der Waals surface area contributed by atoms with Gasteiger partial charge in [0.25, 0.3) is 5.88 Å². The number of methoxy groups -OCH3 is 1. The summed E-state index contributed by atoms with van der Waals surface area (Å²) < 4.78 is 23.2. The van der Waals surface area contributed by atoms with Gasteiger partial charge in [0.05, 0.1) is 13.3 Å². The van der Waals surface area contributed by atoms with Gasteiger partial charge in [-0.1, -0.05) is 12.1 Å². The van der Waals surface area contributed by atoms with E-state index in [1.165, 1.54) is 37.6 Å². The third-order valence-corrected chi connectivity index (χ3v) is 2.14. The zero-order valence-corrected chi connectivity index (χ0v) is 9.46. The van der Waals surface area contributed by atoms with E-state index >= 15 is 0 Å². The standard InChI is InChI=1S/C12H9FN2O3/c1-17-12(16)8-6-7-14-15-11(8)18-10-5-3-2-4-9(10)13/h2-7H,1H3. The lowest BCUT2D eigenvalue weighted by Crippen LogP contribution is -2.06. The highest BCUT2D eigenvalue weighted by atomic mass is 19.1. The van der Waals surface area contributed by atoms with Gasteiger partial charge in [-0.3, -0.25) is 0 Å². The Balaban J connectivity index is 2.35. The smallest absolute Gasteiger partial charge is 0.343 e. The molecule has 0 atom stereocenters. The van der Waals surface area contributed by atoms with Crippen LogP contribution in [0, 0.1) is 5.82 Å². The number of carbonyl (C=O) groups is 1. The van der Waals surface area contributed by atoms with Crippen LogP contribution in [0.15, 0.2) is 36.5 Å². The number of benzene rings is 1. The topological polar surface area (TPSA) is 61.3 Å². The molecule has 2 rings (SSSR count). The fourth-order valence-corrected chi connectivity index (χ4v) is 1.29. The van der Waals surface area contributed by atoms with Crippen molar-refractivity contribution < 1.29 is 18.7 Å². The van der Waals surface area contributed by atoms with Crippen molar-refractivity contribution in [3.05, 3.63) is 47.9 Å². The highest BCUT2D eigenvalue weighted by molar-refractivity contribution is 5.91. The molecule has 2 aromatic rings. The molecular weight excluding hydrogens is 239 g/mol. The van der Waals surface area contributed by atoms with Gasteiger partial charge >= 0.3 is 5.97 Å². The average Bonchev–Trinajstić information content (AvgIpc) is 2.41. The van der Waals surface area contributed by atoms with Crippen molar-refractivity contribution in [1.82, 2.24) is 10.2 Å². The van der Waals surface area contributed by atoms with E-state index in [9.17, 15) is 9.18 Å². The molecule has 0 radical (unpaired) electrons. The summed E-state index contributed by atoms with van der Waals surface area (Å²) >= 11 is 0. The fraction of sp³-hybridized carbons (Fsp3) is 0.0833. The van der Waals surface area contributed by atoms with Crippen LogP contribution in [0.3, 0.4) is 0 Å². The molecule has 1 aromatic heterocycles. The van der Waals surface area contributed by atoms with E-state index in [0.29, 0.717) is 0 Å². The van der Waals surface area contributed by atoms with Crippen LogP contribution in [-0.2, 0) is 4.74 Å². The number of ether oxygens (including phenoxy) is 2. The van der Waals surface area contributed by atoms with E-state index in [1.807, 2.05) is 0 Å². The van der Waals surface area contributed by atoms with Crippen molar-refractivity contribution in [3.63, 3.8) is 0 Å². The first-order valence-corrected chi connectivity index (χ1v) is 5.04. The first kappa shape index (κ1) is 12.0. The van der Waals surface area contributed by atoms with E-state index in [-0.39, 0.29) is 17.2 Å². The number of esters is 1. The zero-order chi connectivity index (χ0) is 13.0. The summed E-state index contributed by atoms with van der Waals surface area (Å²) in [5.41, 5.74) is 0.0794.